The number of amides is 4. The summed E-state index contributed by atoms with van der Waals surface area (Å²) in [5.74, 6) is -1.91. The van der Waals surface area contributed by atoms with Crippen molar-refractivity contribution in [2.75, 3.05) is 13.7 Å². The summed E-state index contributed by atoms with van der Waals surface area (Å²) in [6.07, 6.45) is 0. The van der Waals surface area contributed by atoms with E-state index in [1.54, 1.807) is 25.1 Å². The lowest BCUT2D eigenvalue weighted by Gasteiger charge is -2.29. The van der Waals surface area contributed by atoms with Gasteiger partial charge in [-0.2, -0.15) is 0 Å². The number of hydrogen-bond donors (Lipinski definition) is 2. The average Bonchev–Trinajstić information content (AvgIpc) is 3.38. The number of rotatable bonds is 4. The van der Waals surface area contributed by atoms with Gasteiger partial charge in [0, 0.05) is 17.6 Å². The molecular formula is C22H19FN4O5. The number of methoxy groups -OCH3 is 1. The molecule has 32 heavy (non-hydrogen) atoms. The third-order valence-corrected chi connectivity index (χ3v) is 5.86. The molecule has 0 unspecified atom stereocenters. The first-order valence-electron chi connectivity index (χ1n) is 9.90. The van der Waals surface area contributed by atoms with E-state index in [-0.39, 0.29) is 30.2 Å². The number of carbonyl (C=O) groups excluding carboxylic acids is 3. The first-order valence-corrected chi connectivity index (χ1v) is 9.90. The van der Waals surface area contributed by atoms with E-state index in [0.717, 1.165) is 5.69 Å². The van der Waals surface area contributed by atoms with Crippen LogP contribution in [0.4, 0.5) is 9.18 Å². The normalized spacial score (nSPS) is 20.0. The molecule has 2 aliphatic heterocycles. The zero-order valence-corrected chi connectivity index (χ0v) is 17.5. The Morgan fingerprint density at radius 3 is 2.72 bits per heavy atom. The molecule has 2 N–H and O–H groups in total. The van der Waals surface area contributed by atoms with Gasteiger partial charge >= 0.3 is 6.03 Å². The number of aromatic nitrogens is 1. The van der Waals surface area contributed by atoms with Crippen molar-refractivity contribution < 1.29 is 27.9 Å². The quantitative estimate of drug-likeness (QED) is 0.604. The number of imide groups is 1. The summed E-state index contributed by atoms with van der Waals surface area (Å²) < 4.78 is 25.7. The summed E-state index contributed by atoms with van der Waals surface area (Å²) in [5, 5.41) is 5.55. The maximum absolute atomic E-state index is 14.7. The molecule has 9 nitrogen and oxygen atoms in total. The van der Waals surface area contributed by atoms with Gasteiger partial charge in [-0.25, -0.2) is 9.18 Å². The molecule has 5 rings (SSSR count). The molecule has 2 aliphatic rings. The van der Waals surface area contributed by atoms with E-state index < -0.39 is 29.2 Å². The zero-order valence-electron chi connectivity index (χ0n) is 17.5. The minimum Gasteiger partial charge on any atom is -0.494 e. The van der Waals surface area contributed by atoms with E-state index in [4.69, 9.17) is 9.15 Å². The van der Waals surface area contributed by atoms with Crippen LogP contribution < -0.4 is 15.4 Å². The number of halogens is 1. The maximum Gasteiger partial charge on any atom is 0.322 e. The Hall–Kier alpha value is -3.95. The third kappa shape index (κ3) is 2.75. The molecule has 2 aromatic heterocycles. The van der Waals surface area contributed by atoms with E-state index in [1.807, 2.05) is 6.92 Å². The van der Waals surface area contributed by atoms with Crippen molar-refractivity contribution in [1.82, 2.24) is 20.5 Å². The van der Waals surface area contributed by atoms with Crippen molar-refractivity contribution in [2.45, 2.75) is 25.9 Å². The van der Waals surface area contributed by atoms with Crippen molar-refractivity contribution in [3.8, 4) is 5.75 Å². The summed E-state index contributed by atoms with van der Waals surface area (Å²) in [5.41, 5.74) is 0.564. The SMILES string of the molecule is COc1ccc2c(c1F)C(=O)N(C[C@@]1(c3cc4cc(C)nc(C)c4o3)NC(=O)NC1=O)C2. The van der Waals surface area contributed by atoms with Crippen LogP contribution in [0.15, 0.2) is 28.7 Å². The number of fused-ring (bicyclic) bond motifs is 2. The number of nitrogens with one attached hydrogen (secondary N) is 2. The highest BCUT2D eigenvalue weighted by molar-refractivity contribution is 6.08. The fourth-order valence-electron chi connectivity index (χ4n) is 4.40. The van der Waals surface area contributed by atoms with Crippen LogP contribution in [0.1, 0.15) is 33.1 Å². The van der Waals surface area contributed by atoms with Crippen molar-refractivity contribution >= 4 is 28.8 Å². The van der Waals surface area contributed by atoms with Gasteiger partial charge < -0.3 is 19.4 Å². The lowest BCUT2D eigenvalue weighted by atomic mass is 9.95. The molecule has 0 bridgehead atoms. The van der Waals surface area contributed by atoms with E-state index in [2.05, 4.69) is 15.6 Å². The Kier molecular flexibility index (Phi) is 4.23. The minimum absolute atomic E-state index is 0.0452. The smallest absolute Gasteiger partial charge is 0.322 e. The van der Waals surface area contributed by atoms with Crippen LogP contribution in [0, 0.1) is 19.7 Å². The van der Waals surface area contributed by atoms with Crippen LogP contribution >= 0.6 is 0 Å². The van der Waals surface area contributed by atoms with Gasteiger partial charge in [0.25, 0.3) is 11.8 Å². The summed E-state index contributed by atoms with van der Waals surface area (Å²) in [6, 6.07) is 5.80. The second-order valence-corrected chi connectivity index (χ2v) is 7.97. The number of aryl methyl sites for hydroxylation is 2. The zero-order chi connectivity index (χ0) is 22.8. The average molecular weight is 438 g/mol. The fourth-order valence-corrected chi connectivity index (χ4v) is 4.40. The second kappa shape index (κ2) is 6.78. The highest BCUT2D eigenvalue weighted by Crippen LogP contribution is 2.36. The van der Waals surface area contributed by atoms with Gasteiger partial charge in [-0.15, -0.1) is 0 Å². The second-order valence-electron chi connectivity index (χ2n) is 7.97. The molecule has 164 valence electrons. The number of ether oxygens (including phenoxy) is 1. The molecule has 0 spiro atoms. The molecule has 1 saturated heterocycles. The van der Waals surface area contributed by atoms with Crippen molar-refractivity contribution in [1.29, 1.82) is 0 Å². The largest absolute Gasteiger partial charge is 0.494 e. The molecule has 1 atom stereocenters. The third-order valence-electron chi connectivity index (χ3n) is 5.86. The van der Waals surface area contributed by atoms with Crippen LogP contribution in [0.25, 0.3) is 11.0 Å². The summed E-state index contributed by atoms with van der Waals surface area (Å²) in [4.78, 5) is 43.8. The lowest BCUT2D eigenvalue weighted by Crippen LogP contribution is -2.52. The van der Waals surface area contributed by atoms with Gasteiger partial charge in [-0.1, -0.05) is 6.07 Å². The molecule has 0 radical (unpaired) electrons. The molecule has 1 aromatic carbocycles. The molecule has 0 saturated carbocycles. The Labute approximate surface area is 181 Å². The van der Waals surface area contributed by atoms with E-state index in [1.165, 1.54) is 18.1 Å². The summed E-state index contributed by atoms with van der Waals surface area (Å²) in [7, 11) is 1.32. The fraction of sp³-hybridized carbons (Fsp3) is 0.273. The van der Waals surface area contributed by atoms with Crippen LogP contribution in [0.3, 0.4) is 0 Å². The predicted octanol–water partition coefficient (Wildman–Crippen LogP) is 2.28. The predicted molar refractivity (Wildman–Crippen MR) is 110 cm³/mol. The Bertz CT molecular complexity index is 1330. The van der Waals surface area contributed by atoms with E-state index in [9.17, 15) is 18.8 Å². The number of furan rings is 1. The van der Waals surface area contributed by atoms with E-state index >= 15 is 0 Å². The van der Waals surface area contributed by atoms with Gasteiger partial charge in [0.15, 0.2) is 22.7 Å². The molecular weight excluding hydrogens is 419 g/mol. The van der Waals surface area contributed by atoms with E-state index in [0.29, 0.717) is 22.2 Å². The van der Waals surface area contributed by atoms with Crippen LogP contribution in [0.2, 0.25) is 0 Å². The van der Waals surface area contributed by atoms with Crippen LogP contribution in [0.5, 0.6) is 5.75 Å². The number of hydrogen-bond acceptors (Lipinski definition) is 6. The maximum atomic E-state index is 14.7. The lowest BCUT2D eigenvalue weighted by molar-refractivity contribution is -0.125. The van der Waals surface area contributed by atoms with Crippen LogP contribution in [-0.2, 0) is 16.9 Å². The molecule has 4 amide bonds. The molecule has 4 heterocycles. The highest BCUT2D eigenvalue weighted by atomic mass is 19.1. The number of carbonyl (C=O) groups is 3. The van der Waals surface area contributed by atoms with Crippen LogP contribution in [-0.4, -0.2) is 41.4 Å². The summed E-state index contributed by atoms with van der Waals surface area (Å²) in [6.45, 7) is 3.44. The van der Waals surface area contributed by atoms with Gasteiger partial charge in [-0.3, -0.25) is 19.9 Å². The molecule has 3 aromatic rings. The van der Waals surface area contributed by atoms with Gasteiger partial charge in [-0.05, 0) is 37.6 Å². The summed E-state index contributed by atoms with van der Waals surface area (Å²) >= 11 is 0. The molecule has 1 fully saturated rings. The molecule has 10 heteroatoms. The minimum atomic E-state index is -1.67. The number of benzene rings is 1. The number of pyridine rings is 1. The highest BCUT2D eigenvalue weighted by Gasteiger charge is 2.53. The van der Waals surface area contributed by atoms with Crippen molar-refractivity contribution in [3.05, 3.63) is 58.4 Å². The van der Waals surface area contributed by atoms with Gasteiger partial charge in [0.2, 0.25) is 0 Å². The standard InChI is InChI=1S/C22H19FN4O5/c1-10-6-13-7-15(32-18(13)11(2)24-10)22(20(29)25-21(30)26-22)9-27-8-12-4-5-14(31-3)17(23)16(12)19(27)28/h4-7H,8-9H2,1-3H3,(H2,25,26,29,30)/t22-/m0/s1. The number of nitrogens with zero attached hydrogens (tertiary/aromatic N) is 2. The Morgan fingerprint density at radius 1 is 1.25 bits per heavy atom. The van der Waals surface area contributed by atoms with Gasteiger partial charge in [0.05, 0.1) is 24.9 Å². The molecule has 0 aliphatic carbocycles. The monoisotopic (exact) mass is 438 g/mol. The Balaban J connectivity index is 1.58. The number of urea groups is 1. The Morgan fingerprint density at radius 2 is 2.03 bits per heavy atom. The van der Waals surface area contributed by atoms with Crippen molar-refractivity contribution in [3.63, 3.8) is 0 Å². The van der Waals surface area contributed by atoms with Gasteiger partial charge in [0.1, 0.15) is 5.76 Å². The van der Waals surface area contributed by atoms with Crippen molar-refractivity contribution in [2.24, 2.45) is 0 Å². The topological polar surface area (TPSA) is 114 Å². The first kappa shape index (κ1) is 20.0. The first-order chi connectivity index (χ1) is 15.2.